The molecule has 1 aromatic heterocycles. The number of para-hydroxylation sites is 1. The zero-order valence-corrected chi connectivity index (χ0v) is 14.2. The Balaban J connectivity index is 1.50. The number of hydrogen-bond acceptors (Lipinski definition) is 6. The summed E-state index contributed by atoms with van der Waals surface area (Å²) in [5.74, 6) is 0.634. The van der Waals surface area contributed by atoms with Gasteiger partial charge in [-0.25, -0.2) is 9.97 Å². The quantitative estimate of drug-likeness (QED) is 0.767. The van der Waals surface area contributed by atoms with E-state index < -0.39 is 0 Å². The van der Waals surface area contributed by atoms with Crippen molar-refractivity contribution in [1.29, 1.82) is 0 Å². The lowest BCUT2D eigenvalue weighted by Gasteiger charge is -2.34. The van der Waals surface area contributed by atoms with Crippen LogP contribution in [0, 0.1) is 0 Å². The molecule has 2 aromatic carbocycles. The standard InChI is InChI=1S/C19H21N5O/c1-23-9-11-24(12-10-23)16-7-5-15(6-8-16)21-19-20-13-14-3-2-4-17(25)18(14)22-19/h2-8,13,25H,9-12H2,1H3,(H,20,21,22). The van der Waals surface area contributed by atoms with Crippen LogP contribution in [-0.2, 0) is 0 Å². The Morgan fingerprint density at radius 2 is 1.76 bits per heavy atom. The predicted octanol–water partition coefficient (Wildman–Crippen LogP) is 2.83. The van der Waals surface area contributed by atoms with Gasteiger partial charge in [0, 0.05) is 49.1 Å². The second-order valence-electron chi connectivity index (χ2n) is 6.37. The van der Waals surface area contributed by atoms with Crippen LogP contribution in [0.5, 0.6) is 5.75 Å². The lowest BCUT2D eigenvalue weighted by atomic mass is 10.2. The summed E-state index contributed by atoms with van der Waals surface area (Å²) < 4.78 is 0. The molecule has 0 amide bonds. The SMILES string of the molecule is CN1CCN(c2ccc(Nc3ncc4cccc(O)c4n3)cc2)CC1. The minimum Gasteiger partial charge on any atom is -0.506 e. The molecule has 6 nitrogen and oxygen atoms in total. The van der Waals surface area contributed by atoms with Crippen molar-refractivity contribution in [2.45, 2.75) is 0 Å². The van der Waals surface area contributed by atoms with Crippen LogP contribution in [0.15, 0.2) is 48.7 Å². The Bertz CT molecular complexity index is 873. The Hall–Kier alpha value is -2.86. The van der Waals surface area contributed by atoms with E-state index in [4.69, 9.17) is 0 Å². The molecule has 0 spiro atoms. The summed E-state index contributed by atoms with van der Waals surface area (Å²) in [4.78, 5) is 13.5. The highest BCUT2D eigenvalue weighted by Crippen LogP contribution is 2.24. The number of nitrogens with one attached hydrogen (secondary N) is 1. The Labute approximate surface area is 146 Å². The topological polar surface area (TPSA) is 64.5 Å². The normalized spacial score (nSPS) is 15.5. The minimum atomic E-state index is 0.161. The second-order valence-corrected chi connectivity index (χ2v) is 6.37. The highest BCUT2D eigenvalue weighted by atomic mass is 16.3. The number of piperazine rings is 1. The first-order valence-electron chi connectivity index (χ1n) is 8.44. The molecule has 2 N–H and O–H groups in total. The molecule has 25 heavy (non-hydrogen) atoms. The molecular formula is C19H21N5O. The van der Waals surface area contributed by atoms with E-state index in [1.807, 2.05) is 18.2 Å². The van der Waals surface area contributed by atoms with Crippen LogP contribution in [0.2, 0.25) is 0 Å². The van der Waals surface area contributed by atoms with E-state index in [-0.39, 0.29) is 5.75 Å². The van der Waals surface area contributed by atoms with Crippen molar-refractivity contribution in [3.05, 3.63) is 48.7 Å². The number of benzene rings is 2. The first-order valence-corrected chi connectivity index (χ1v) is 8.44. The average Bonchev–Trinajstić information content (AvgIpc) is 2.64. The van der Waals surface area contributed by atoms with Crippen LogP contribution >= 0.6 is 0 Å². The van der Waals surface area contributed by atoms with Gasteiger partial charge in [0.1, 0.15) is 11.3 Å². The van der Waals surface area contributed by atoms with Gasteiger partial charge in [0.2, 0.25) is 5.95 Å². The van der Waals surface area contributed by atoms with Crippen molar-refractivity contribution in [1.82, 2.24) is 14.9 Å². The third kappa shape index (κ3) is 3.34. The molecule has 1 saturated heterocycles. The molecule has 1 aliphatic heterocycles. The minimum absolute atomic E-state index is 0.161. The van der Waals surface area contributed by atoms with Gasteiger partial charge in [-0.3, -0.25) is 0 Å². The van der Waals surface area contributed by atoms with E-state index in [0.717, 1.165) is 37.3 Å². The highest BCUT2D eigenvalue weighted by Gasteiger charge is 2.14. The van der Waals surface area contributed by atoms with Crippen LogP contribution in [-0.4, -0.2) is 53.2 Å². The molecule has 1 fully saturated rings. The van der Waals surface area contributed by atoms with E-state index in [2.05, 4.69) is 44.3 Å². The molecular weight excluding hydrogens is 314 g/mol. The van der Waals surface area contributed by atoms with Crippen LogP contribution < -0.4 is 10.2 Å². The molecule has 2 heterocycles. The molecule has 0 atom stereocenters. The molecule has 1 aliphatic rings. The number of nitrogens with zero attached hydrogens (tertiary/aromatic N) is 4. The molecule has 0 bridgehead atoms. The number of aromatic nitrogens is 2. The van der Waals surface area contributed by atoms with Gasteiger partial charge in [0.25, 0.3) is 0 Å². The van der Waals surface area contributed by atoms with Gasteiger partial charge >= 0.3 is 0 Å². The molecule has 4 rings (SSSR count). The summed E-state index contributed by atoms with van der Waals surface area (Å²) in [6.45, 7) is 4.29. The number of anilines is 3. The summed E-state index contributed by atoms with van der Waals surface area (Å²) in [7, 11) is 2.16. The van der Waals surface area contributed by atoms with E-state index >= 15 is 0 Å². The number of aromatic hydroxyl groups is 1. The van der Waals surface area contributed by atoms with Gasteiger partial charge < -0.3 is 20.2 Å². The van der Waals surface area contributed by atoms with E-state index in [0.29, 0.717) is 11.5 Å². The van der Waals surface area contributed by atoms with E-state index in [1.165, 1.54) is 5.69 Å². The van der Waals surface area contributed by atoms with Crippen LogP contribution in [0.4, 0.5) is 17.3 Å². The monoisotopic (exact) mass is 335 g/mol. The zero-order valence-electron chi connectivity index (χ0n) is 14.2. The maximum Gasteiger partial charge on any atom is 0.227 e. The zero-order chi connectivity index (χ0) is 17.2. The average molecular weight is 335 g/mol. The number of phenols is 1. The van der Waals surface area contributed by atoms with Crippen LogP contribution in [0.3, 0.4) is 0 Å². The lowest BCUT2D eigenvalue weighted by Crippen LogP contribution is -2.44. The maximum absolute atomic E-state index is 9.93. The number of fused-ring (bicyclic) bond motifs is 1. The van der Waals surface area contributed by atoms with Gasteiger partial charge in [-0.15, -0.1) is 0 Å². The fourth-order valence-corrected chi connectivity index (χ4v) is 3.05. The fraction of sp³-hybridized carbons (Fsp3) is 0.263. The highest BCUT2D eigenvalue weighted by molar-refractivity contribution is 5.84. The van der Waals surface area contributed by atoms with Crippen LogP contribution in [0.1, 0.15) is 0 Å². The third-order valence-corrected chi connectivity index (χ3v) is 4.58. The van der Waals surface area contributed by atoms with Gasteiger partial charge in [0.15, 0.2) is 0 Å². The van der Waals surface area contributed by atoms with Crippen molar-refractivity contribution in [3.63, 3.8) is 0 Å². The maximum atomic E-state index is 9.93. The molecule has 0 saturated carbocycles. The molecule has 0 aliphatic carbocycles. The summed E-state index contributed by atoms with van der Waals surface area (Å²) in [5, 5.41) is 14.0. The fourth-order valence-electron chi connectivity index (χ4n) is 3.05. The Morgan fingerprint density at radius 3 is 2.52 bits per heavy atom. The van der Waals surface area contributed by atoms with E-state index in [9.17, 15) is 5.11 Å². The summed E-state index contributed by atoms with van der Waals surface area (Å²) in [6.07, 6.45) is 1.71. The molecule has 0 radical (unpaired) electrons. The number of rotatable bonds is 3. The smallest absolute Gasteiger partial charge is 0.227 e. The molecule has 0 unspecified atom stereocenters. The second kappa shape index (κ2) is 6.57. The summed E-state index contributed by atoms with van der Waals surface area (Å²) >= 11 is 0. The number of likely N-dealkylation sites (N-methyl/N-ethyl adjacent to an activating group) is 1. The van der Waals surface area contributed by atoms with Crippen LogP contribution in [0.25, 0.3) is 10.9 Å². The van der Waals surface area contributed by atoms with Crippen molar-refractivity contribution >= 4 is 28.2 Å². The van der Waals surface area contributed by atoms with Crippen molar-refractivity contribution in [2.75, 3.05) is 43.4 Å². The van der Waals surface area contributed by atoms with Gasteiger partial charge in [-0.05, 0) is 37.4 Å². The summed E-state index contributed by atoms with van der Waals surface area (Å²) in [6, 6.07) is 13.6. The van der Waals surface area contributed by atoms with Gasteiger partial charge in [-0.1, -0.05) is 12.1 Å². The largest absolute Gasteiger partial charge is 0.506 e. The van der Waals surface area contributed by atoms with E-state index in [1.54, 1.807) is 18.3 Å². The summed E-state index contributed by atoms with van der Waals surface area (Å²) in [5.41, 5.74) is 2.71. The first kappa shape index (κ1) is 15.7. The van der Waals surface area contributed by atoms with Crippen molar-refractivity contribution in [3.8, 4) is 5.75 Å². The van der Waals surface area contributed by atoms with Crippen molar-refractivity contribution < 1.29 is 5.11 Å². The third-order valence-electron chi connectivity index (χ3n) is 4.58. The van der Waals surface area contributed by atoms with Gasteiger partial charge in [0.05, 0.1) is 0 Å². The Morgan fingerprint density at radius 1 is 1.00 bits per heavy atom. The number of hydrogen-bond donors (Lipinski definition) is 2. The number of phenolic OH excluding ortho intramolecular Hbond substituents is 1. The van der Waals surface area contributed by atoms with Gasteiger partial charge in [-0.2, -0.15) is 0 Å². The first-order chi connectivity index (χ1) is 12.2. The molecule has 3 aromatic rings. The lowest BCUT2D eigenvalue weighted by molar-refractivity contribution is 0.313. The van der Waals surface area contributed by atoms with Crippen molar-refractivity contribution in [2.24, 2.45) is 0 Å². The molecule has 128 valence electrons. The Kier molecular flexibility index (Phi) is 4.11. The predicted molar refractivity (Wildman–Crippen MR) is 101 cm³/mol. The molecule has 6 heteroatoms.